The average Bonchev–Trinajstić information content (AvgIpc) is 3.04. The van der Waals surface area contributed by atoms with Crippen LogP contribution in [0, 0.1) is 13.8 Å². The number of amides is 2. The van der Waals surface area contributed by atoms with E-state index in [9.17, 15) is 18.0 Å². The van der Waals surface area contributed by atoms with Crippen LogP contribution in [0.5, 0.6) is 0 Å². The molecule has 8 heteroatoms. The number of benzene rings is 2. The first-order valence-electron chi connectivity index (χ1n) is 8.52. The number of nitrogens with two attached hydrogens (primary N) is 1. The molecule has 3 N–H and O–H groups in total. The molecule has 3 rings (SSSR count). The van der Waals surface area contributed by atoms with Gasteiger partial charge in [-0.2, -0.15) is 0 Å². The standard InChI is InChI=1S/C19H21N3O4S/c1-12-9-16(27(20,25)26)11-17(13(12)2)21-19(24)14-5-3-6-15(10-14)22-8-4-7-18(22)23/h3,5-6,9-11H,4,7-8H2,1-2H3,(H,21,24)(H2,20,25,26). The molecule has 0 bridgehead atoms. The molecule has 0 radical (unpaired) electrons. The highest BCUT2D eigenvalue weighted by molar-refractivity contribution is 7.89. The Morgan fingerprint density at radius 1 is 1.19 bits per heavy atom. The summed E-state index contributed by atoms with van der Waals surface area (Å²) in [5.74, 6) is -0.350. The maximum Gasteiger partial charge on any atom is 0.255 e. The number of nitrogens with one attached hydrogen (secondary N) is 1. The number of rotatable bonds is 4. The molecular formula is C19H21N3O4S. The van der Waals surface area contributed by atoms with Crippen LogP contribution < -0.4 is 15.4 Å². The van der Waals surface area contributed by atoms with Gasteiger partial charge in [0.1, 0.15) is 0 Å². The minimum Gasteiger partial charge on any atom is -0.322 e. The van der Waals surface area contributed by atoms with Crippen molar-refractivity contribution >= 4 is 33.2 Å². The van der Waals surface area contributed by atoms with Gasteiger partial charge in [-0.1, -0.05) is 6.07 Å². The van der Waals surface area contributed by atoms with Crippen molar-refractivity contribution in [2.45, 2.75) is 31.6 Å². The van der Waals surface area contributed by atoms with Gasteiger partial charge in [0, 0.05) is 29.9 Å². The Labute approximate surface area is 158 Å². The van der Waals surface area contributed by atoms with Crippen molar-refractivity contribution in [1.82, 2.24) is 0 Å². The summed E-state index contributed by atoms with van der Waals surface area (Å²) in [7, 11) is -3.88. The number of hydrogen-bond donors (Lipinski definition) is 2. The topological polar surface area (TPSA) is 110 Å². The number of carbonyl (C=O) groups excluding carboxylic acids is 2. The smallest absolute Gasteiger partial charge is 0.255 e. The largest absolute Gasteiger partial charge is 0.322 e. The molecule has 142 valence electrons. The van der Waals surface area contributed by atoms with Gasteiger partial charge in [0.05, 0.1) is 4.90 Å². The van der Waals surface area contributed by atoms with Crippen molar-refractivity contribution in [2.24, 2.45) is 5.14 Å². The number of aryl methyl sites for hydroxylation is 1. The fourth-order valence-corrected chi connectivity index (χ4v) is 3.67. The highest BCUT2D eigenvalue weighted by atomic mass is 32.2. The number of sulfonamides is 1. The highest BCUT2D eigenvalue weighted by Crippen LogP contribution is 2.26. The Hall–Kier alpha value is -2.71. The molecule has 0 aliphatic carbocycles. The third-order valence-corrected chi connectivity index (χ3v) is 5.60. The number of nitrogens with zero attached hydrogens (tertiary/aromatic N) is 1. The molecule has 1 aliphatic heterocycles. The van der Waals surface area contributed by atoms with E-state index in [1.807, 2.05) is 0 Å². The van der Waals surface area contributed by atoms with Crippen molar-refractivity contribution in [3.63, 3.8) is 0 Å². The lowest BCUT2D eigenvalue weighted by atomic mass is 10.1. The summed E-state index contributed by atoms with van der Waals surface area (Å²) in [5, 5.41) is 7.96. The summed E-state index contributed by atoms with van der Waals surface area (Å²) < 4.78 is 23.3. The van der Waals surface area contributed by atoms with Gasteiger partial charge in [-0.3, -0.25) is 9.59 Å². The van der Waals surface area contributed by atoms with Gasteiger partial charge in [0.2, 0.25) is 15.9 Å². The van der Waals surface area contributed by atoms with Crippen LogP contribution in [0.1, 0.15) is 34.3 Å². The van der Waals surface area contributed by atoms with Crippen LogP contribution in [-0.4, -0.2) is 26.8 Å². The first-order chi connectivity index (χ1) is 12.7. The molecule has 0 spiro atoms. The lowest BCUT2D eigenvalue weighted by molar-refractivity contribution is -0.117. The number of anilines is 2. The third-order valence-electron chi connectivity index (χ3n) is 4.71. The molecule has 1 saturated heterocycles. The van der Waals surface area contributed by atoms with Crippen molar-refractivity contribution in [1.29, 1.82) is 0 Å². The molecule has 2 amide bonds. The second-order valence-electron chi connectivity index (χ2n) is 6.61. The van der Waals surface area contributed by atoms with E-state index in [0.29, 0.717) is 35.5 Å². The summed E-state index contributed by atoms with van der Waals surface area (Å²) in [6.45, 7) is 4.18. The lowest BCUT2D eigenvalue weighted by Gasteiger charge is -2.17. The second kappa shape index (κ2) is 7.13. The average molecular weight is 387 g/mol. The van der Waals surface area contributed by atoms with Gasteiger partial charge in [-0.05, 0) is 61.7 Å². The quantitative estimate of drug-likeness (QED) is 0.839. The molecule has 27 heavy (non-hydrogen) atoms. The normalized spacial score (nSPS) is 14.5. The van der Waals surface area contributed by atoms with Gasteiger partial charge < -0.3 is 10.2 Å². The lowest BCUT2D eigenvalue weighted by Crippen LogP contribution is -2.24. The van der Waals surface area contributed by atoms with E-state index < -0.39 is 15.9 Å². The molecule has 1 aliphatic rings. The molecule has 7 nitrogen and oxygen atoms in total. The van der Waals surface area contributed by atoms with E-state index in [1.54, 1.807) is 43.0 Å². The number of carbonyl (C=O) groups is 2. The van der Waals surface area contributed by atoms with E-state index in [1.165, 1.54) is 12.1 Å². The molecule has 2 aromatic rings. The van der Waals surface area contributed by atoms with Crippen LogP contribution >= 0.6 is 0 Å². The summed E-state index contributed by atoms with van der Waals surface area (Å²) in [6, 6.07) is 9.63. The number of hydrogen-bond acceptors (Lipinski definition) is 4. The van der Waals surface area contributed by atoms with Crippen LogP contribution in [0.15, 0.2) is 41.3 Å². The van der Waals surface area contributed by atoms with Crippen molar-refractivity contribution < 1.29 is 18.0 Å². The zero-order valence-electron chi connectivity index (χ0n) is 15.2. The Kier molecular flexibility index (Phi) is 5.03. The maximum atomic E-state index is 12.7. The summed E-state index contributed by atoms with van der Waals surface area (Å²) in [4.78, 5) is 26.2. The minimum atomic E-state index is -3.88. The van der Waals surface area contributed by atoms with Crippen molar-refractivity contribution in [2.75, 3.05) is 16.8 Å². The van der Waals surface area contributed by atoms with Crippen LogP contribution in [0.4, 0.5) is 11.4 Å². The monoisotopic (exact) mass is 387 g/mol. The SMILES string of the molecule is Cc1cc(S(N)(=O)=O)cc(NC(=O)c2cccc(N3CCCC3=O)c2)c1C. The fourth-order valence-electron chi connectivity index (χ4n) is 3.05. The minimum absolute atomic E-state index is 0.0416. The maximum absolute atomic E-state index is 12.7. The first kappa shape index (κ1) is 19.1. The summed E-state index contributed by atoms with van der Waals surface area (Å²) in [5.41, 5.74) is 2.89. The van der Waals surface area contributed by atoms with E-state index >= 15 is 0 Å². The Morgan fingerprint density at radius 2 is 1.93 bits per heavy atom. The molecule has 1 fully saturated rings. The molecule has 2 aromatic carbocycles. The van der Waals surface area contributed by atoms with Crippen molar-refractivity contribution in [3.8, 4) is 0 Å². The molecule has 0 atom stereocenters. The molecule has 0 unspecified atom stereocenters. The van der Waals surface area contributed by atoms with E-state index in [2.05, 4.69) is 5.32 Å². The van der Waals surface area contributed by atoms with Crippen LogP contribution in [0.25, 0.3) is 0 Å². The van der Waals surface area contributed by atoms with Crippen LogP contribution in [0.2, 0.25) is 0 Å². The van der Waals surface area contributed by atoms with Crippen LogP contribution in [-0.2, 0) is 14.8 Å². The predicted octanol–water partition coefficient (Wildman–Crippen LogP) is 2.33. The van der Waals surface area contributed by atoms with E-state index in [4.69, 9.17) is 5.14 Å². The predicted molar refractivity (Wildman–Crippen MR) is 103 cm³/mol. The van der Waals surface area contributed by atoms with Gasteiger partial charge in [0.25, 0.3) is 5.91 Å². The van der Waals surface area contributed by atoms with E-state index in [-0.39, 0.29) is 10.8 Å². The van der Waals surface area contributed by atoms with Gasteiger partial charge in [-0.15, -0.1) is 0 Å². The van der Waals surface area contributed by atoms with E-state index in [0.717, 1.165) is 12.0 Å². The first-order valence-corrected chi connectivity index (χ1v) is 10.1. The van der Waals surface area contributed by atoms with Crippen LogP contribution in [0.3, 0.4) is 0 Å². The highest BCUT2D eigenvalue weighted by Gasteiger charge is 2.22. The Balaban J connectivity index is 1.90. The molecular weight excluding hydrogens is 366 g/mol. The van der Waals surface area contributed by atoms with Gasteiger partial charge >= 0.3 is 0 Å². The zero-order chi connectivity index (χ0) is 19.8. The number of primary sulfonamides is 1. The molecule has 0 aromatic heterocycles. The zero-order valence-corrected chi connectivity index (χ0v) is 16.0. The molecule has 0 saturated carbocycles. The summed E-state index contributed by atoms with van der Waals surface area (Å²) in [6.07, 6.45) is 1.31. The van der Waals surface area contributed by atoms with Crippen molar-refractivity contribution in [3.05, 3.63) is 53.1 Å². The Bertz CT molecular complexity index is 1030. The van der Waals surface area contributed by atoms with Gasteiger partial charge in [0.15, 0.2) is 0 Å². The molecule has 1 heterocycles. The van der Waals surface area contributed by atoms with Gasteiger partial charge in [-0.25, -0.2) is 13.6 Å². The Morgan fingerprint density at radius 3 is 2.56 bits per heavy atom. The third kappa shape index (κ3) is 4.01. The second-order valence-corrected chi connectivity index (χ2v) is 8.17. The fraction of sp³-hybridized carbons (Fsp3) is 0.263. The summed E-state index contributed by atoms with van der Waals surface area (Å²) >= 11 is 0.